The second kappa shape index (κ2) is 9.34. The molecular formula is C15H24ClN5. The van der Waals surface area contributed by atoms with Crippen LogP contribution in [0.5, 0.6) is 0 Å². The van der Waals surface area contributed by atoms with E-state index in [-0.39, 0.29) is 17.4 Å². The fraction of sp³-hybridized carbons (Fsp3) is 0.533. The molecule has 116 valence electrons. The van der Waals surface area contributed by atoms with Crippen molar-refractivity contribution in [1.29, 1.82) is 0 Å². The van der Waals surface area contributed by atoms with Gasteiger partial charge < -0.3 is 10.6 Å². The van der Waals surface area contributed by atoms with E-state index >= 15 is 0 Å². The molecule has 0 saturated carbocycles. The molecule has 0 aromatic carbocycles. The maximum Gasteiger partial charge on any atom is 0.229 e. The molecule has 1 aromatic heterocycles. The average molecular weight is 310 g/mol. The summed E-state index contributed by atoms with van der Waals surface area (Å²) in [7, 11) is 0. The highest BCUT2D eigenvalue weighted by Crippen LogP contribution is 2.13. The van der Waals surface area contributed by atoms with Gasteiger partial charge in [-0.25, -0.2) is 0 Å². The maximum absolute atomic E-state index is 5.95. The number of nitrogens with zero attached hydrogens (tertiary/aromatic N) is 3. The normalized spacial score (nSPS) is 13.3. The molecule has 2 unspecified atom stereocenters. The highest BCUT2D eigenvalue weighted by Gasteiger charge is 2.09. The van der Waals surface area contributed by atoms with Gasteiger partial charge in [0.1, 0.15) is 0 Å². The molecule has 6 heteroatoms. The van der Waals surface area contributed by atoms with E-state index in [1.807, 2.05) is 12.2 Å². The van der Waals surface area contributed by atoms with E-state index in [0.717, 1.165) is 25.7 Å². The summed E-state index contributed by atoms with van der Waals surface area (Å²) < 4.78 is 0. The Morgan fingerprint density at radius 3 is 1.76 bits per heavy atom. The summed E-state index contributed by atoms with van der Waals surface area (Å²) in [5.74, 6) is 0.981. The summed E-state index contributed by atoms with van der Waals surface area (Å²) in [6.07, 6.45) is 7.60. The number of allylic oxidation sites excluding steroid dienone is 2. The van der Waals surface area contributed by atoms with Gasteiger partial charge in [0, 0.05) is 12.1 Å². The third kappa shape index (κ3) is 7.09. The molecule has 0 spiro atoms. The van der Waals surface area contributed by atoms with Gasteiger partial charge in [0.15, 0.2) is 0 Å². The maximum atomic E-state index is 5.95. The summed E-state index contributed by atoms with van der Waals surface area (Å²) >= 11 is 5.95. The topological polar surface area (TPSA) is 62.7 Å². The summed E-state index contributed by atoms with van der Waals surface area (Å²) in [6.45, 7) is 11.6. The quantitative estimate of drug-likeness (QED) is 0.638. The van der Waals surface area contributed by atoms with Crippen LogP contribution in [0.2, 0.25) is 5.28 Å². The van der Waals surface area contributed by atoms with Crippen molar-refractivity contribution < 1.29 is 0 Å². The Bertz CT molecular complexity index is 425. The van der Waals surface area contributed by atoms with Crippen molar-refractivity contribution in [2.45, 2.75) is 51.6 Å². The predicted molar refractivity (Wildman–Crippen MR) is 89.9 cm³/mol. The van der Waals surface area contributed by atoms with Gasteiger partial charge in [-0.15, -0.1) is 13.2 Å². The first-order valence-corrected chi connectivity index (χ1v) is 7.59. The smallest absolute Gasteiger partial charge is 0.229 e. The minimum atomic E-state index is 0.182. The largest absolute Gasteiger partial charge is 0.352 e. The van der Waals surface area contributed by atoms with Gasteiger partial charge in [-0.1, -0.05) is 12.2 Å². The van der Waals surface area contributed by atoms with Gasteiger partial charge in [-0.2, -0.15) is 15.0 Å². The number of aromatic nitrogens is 3. The molecule has 0 radical (unpaired) electrons. The average Bonchev–Trinajstić information content (AvgIpc) is 2.42. The summed E-state index contributed by atoms with van der Waals surface area (Å²) in [5, 5.41) is 6.63. The molecule has 2 N–H and O–H groups in total. The molecule has 1 heterocycles. The van der Waals surface area contributed by atoms with Crippen molar-refractivity contribution >= 4 is 23.5 Å². The Kier molecular flexibility index (Phi) is 7.75. The van der Waals surface area contributed by atoms with E-state index in [2.05, 4.69) is 52.6 Å². The minimum absolute atomic E-state index is 0.182. The van der Waals surface area contributed by atoms with Gasteiger partial charge in [0.25, 0.3) is 0 Å². The van der Waals surface area contributed by atoms with Crippen LogP contribution in [0.1, 0.15) is 39.5 Å². The molecule has 2 atom stereocenters. The van der Waals surface area contributed by atoms with Gasteiger partial charge in [-0.05, 0) is 51.1 Å². The minimum Gasteiger partial charge on any atom is -0.352 e. The molecule has 5 nitrogen and oxygen atoms in total. The Hall–Kier alpha value is -1.62. The van der Waals surface area contributed by atoms with Gasteiger partial charge in [0.05, 0.1) is 0 Å². The first-order chi connectivity index (χ1) is 10.0. The molecule has 0 aliphatic carbocycles. The van der Waals surface area contributed by atoms with Crippen LogP contribution in [0, 0.1) is 0 Å². The second-order valence-electron chi connectivity index (χ2n) is 5.07. The van der Waals surface area contributed by atoms with Crippen LogP contribution < -0.4 is 10.6 Å². The van der Waals surface area contributed by atoms with E-state index < -0.39 is 0 Å². The molecule has 0 aliphatic heterocycles. The van der Waals surface area contributed by atoms with Crippen LogP contribution in [0.4, 0.5) is 11.9 Å². The van der Waals surface area contributed by atoms with E-state index in [1.165, 1.54) is 0 Å². The van der Waals surface area contributed by atoms with Crippen LogP contribution in [-0.4, -0.2) is 27.0 Å². The van der Waals surface area contributed by atoms with Crippen LogP contribution in [-0.2, 0) is 0 Å². The van der Waals surface area contributed by atoms with Crippen LogP contribution in [0.25, 0.3) is 0 Å². The lowest BCUT2D eigenvalue weighted by Gasteiger charge is -2.15. The Morgan fingerprint density at radius 2 is 1.38 bits per heavy atom. The molecule has 0 saturated heterocycles. The van der Waals surface area contributed by atoms with Gasteiger partial charge >= 0.3 is 0 Å². The van der Waals surface area contributed by atoms with Gasteiger partial charge in [0.2, 0.25) is 17.2 Å². The molecule has 1 rings (SSSR count). The fourth-order valence-electron chi connectivity index (χ4n) is 1.80. The van der Waals surface area contributed by atoms with Crippen molar-refractivity contribution in [3.63, 3.8) is 0 Å². The number of nitrogens with one attached hydrogen (secondary N) is 2. The number of rotatable bonds is 10. The highest BCUT2D eigenvalue weighted by atomic mass is 35.5. The van der Waals surface area contributed by atoms with E-state index in [4.69, 9.17) is 11.6 Å². The molecular weight excluding hydrogens is 286 g/mol. The molecule has 0 fully saturated rings. The third-order valence-electron chi connectivity index (χ3n) is 2.97. The SMILES string of the molecule is C=CCCC(C)Nc1nc(Cl)nc(NC(C)CCC=C)n1. The lowest BCUT2D eigenvalue weighted by Crippen LogP contribution is -2.20. The van der Waals surface area contributed by atoms with E-state index in [9.17, 15) is 0 Å². The molecule has 1 aromatic rings. The molecule has 0 aliphatic rings. The first kappa shape index (κ1) is 17.4. The lowest BCUT2D eigenvalue weighted by atomic mass is 10.2. The number of hydrogen-bond acceptors (Lipinski definition) is 5. The standard InChI is InChI=1S/C15H24ClN5/c1-5-7-9-11(3)17-14-19-13(16)20-15(21-14)18-12(4)10-8-6-2/h5-6,11-12H,1-2,7-10H2,3-4H3,(H2,17,18,19,20,21). The first-order valence-electron chi connectivity index (χ1n) is 7.21. The van der Waals surface area contributed by atoms with Gasteiger partial charge in [-0.3, -0.25) is 0 Å². The fourth-order valence-corrected chi connectivity index (χ4v) is 1.96. The lowest BCUT2D eigenvalue weighted by molar-refractivity contribution is 0.700. The Morgan fingerprint density at radius 1 is 0.952 bits per heavy atom. The van der Waals surface area contributed by atoms with Crippen LogP contribution in [0.3, 0.4) is 0 Å². The van der Waals surface area contributed by atoms with Crippen molar-refractivity contribution in [2.24, 2.45) is 0 Å². The van der Waals surface area contributed by atoms with E-state index in [0.29, 0.717) is 11.9 Å². The third-order valence-corrected chi connectivity index (χ3v) is 3.14. The number of hydrogen-bond donors (Lipinski definition) is 2. The number of anilines is 2. The number of halogens is 1. The molecule has 0 bridgehead atoms. The zero-order valence-corrected chi connectivity index (χ0v) is 13.5. The zero-order valence-electron chi connectivity index (χ0n) is 12.8. The Balaban J connectivity index is 2.65. The van der Waals surface area contributed by atoms with Crippen molar-refractivity contribution in [1.82, 2.24) is 15.0 Å². The van der Waals surface area contributed by atoms with Crippen molar-refractivity contribution in [2.75, 3.05) is 10.6 Å². The van der Waals surface area contributed by atoms with Crippen LogP contribution in [0.15, 0.2) is 25.3 Å². The second-order valence-corrected chi connectivity index (χ2v) is 5.41. The highest BCUT2D eigenvalue weighted by molar-refractivity contribution is 6.28. The summed E-state index contributed by atoms with van der Waals surface area (Å²) in [4.78, 5) is 12.6. The molecule has 0 amide bonds. The summed E-state index contributed by atoms with van der Waals surface area (Å²) in [5.41, 5.74) is 0. The summed E-state index contributed by atoms with van der Waals surface area (Å²) in [6, 6.07) is 0.486. The van der Waals surface area contributed by atoms with E-state index in [1.54, 1.807) is 0 Å². The predicted octanol–water partition coefficient (Wildman–Crippen LogP) is 4.06. The molecule has 21 heavy (non-hydrogen) atoms. The van der Waals surface area contributed by atoms with Crippen LogP contribution >= 0.6 is 11.6 Å². The monoisotopic (exact) mass is 309 g/mol. The van der Waals surface area contributed by atoms with Crippen molar-refractivity contribution in [3.05, 3.63) is 30.6 Å². The Labute approximate surface area is 131 Å². The van der Waals surface area contributed by atoms with Crippen molar-refractivity contribution in [3.8, 4) is 0 Å². The zero-order chi connectivity index (χ0) is 15.7.